The van der Waals surface area contributed by atoms with E-state index in [0.29, 0.717) is 6.04 Å². The van der Waals surface area contributed by atoms with E-state index in [1.54, 1.807) is 0 Å². The SMILES string of the molecule is ON=C1CCN2CCCC[C@H]12. The summed E-state index contributed by atoms with van der Waals surface area (Å²) in [7, 11) is 0. The topological polar surface area (TPSA) is 35.8 Å². The number of nitrogens with zero attached hydrogens (tertiary/aromatic N) is 2. The Labute approximate surface area is 66.7 Å². The van der Waals surface area contributed by atoms with E-state index in [0.717, 1.165) is 18.7 Å². The monoisotopic (exact) mass is 154 g/mol. The van der Waals surface area contributed by atoms with Crippen molar-refractivity contribution >= 4 is 5.71 Å². The van der Waals surface area contributed by atoms with Crippen LogP contribution in [0.3, 0.4) is 0 Å². The molecule has 2 rings (SSSR count). The lowest BCUT2D eigenvalue weighted by Crippen LogP contribution is -2.37. The second-order valence-corrected chi connectivity index (χ2v) is 3.39. The molecule has 3 heteroatoms. The minimum Gasteiger partial charge on any atom is -0.411 e. The molecule has 0 saturated carbocycles. The van der Waals surface area contributed by atoms with E-state index in [1.165, 1.54) is 25.8 Å². The van der Waals surface area contributed by atoms with Gasteiger partial charge in [0.2, 0.25) is 0 Å². The average molecular weight is 154 g/mol. The maximum Gasteiger partial charge on any atom is 0.0754 e. The van der Waals surface area contributed by atoms with Crippen molar-refractivity contribution in [3.8, 4) is 0 Å². The Morgan fingerprint density at radius 1 is 1.36 bits per heavy atom. The van der Waals surface area contributed by atoms with Gasteiger partial charge in [0.05, 0.1) is 11.8 Å². The lowest BCUT2D eigenvalue weighted by Gasteiger charge is -2.28. The van der Waals surface area contributed by atoms with E-state index in [4.69, 9.17) is 5.21 Å². The number of hydrogen-bond acceptors (Lipinski definition) is 3. The van der Waals surface area contributed by atoms with Crippen LogP contribution >= 0.6 is 0 Å². The molecule has 0 aliphatic carbocycles. The largest absolute Gasteiger partial charge is 0.411 e. The summed E-state index contributed by atoms with van der Waals surface area (Å²) in [5, 5.41) is 12.0. The summed E-state index contributed by atoms with van der Waals surface area (Å²) in [5.41, 5.74) is 1.00. The molecule has 2 fully saturated rings. The Balaban J connectivity index is 2.10. The van der Waals surface area contributed by atoms with Crippen molar-refractivity contribution in [3.63, 3.8) is 0 Å². The van der Waals surface area contributed by atoms with Crippen LogP contribution in [0.15, 0.2) is 5.16 Å². The minimum atomic E-state index is 0.480. The zero-order chi connectivity index (χ0) is 7.68. The third-order valence-corrected chi connectivity index (χ3v) is 2.78. The Hall–Kier alpha value is -0.570. The highest BCUT2D eigenvalue weighted by molar-refractivity contribution is 5.91. The molecule has 0 aromatic rings. The molecule has 2 saturated heterocycles. The Bertz CT molecular complexity index is 179. The van der Waals surface area contributed by atoms with Crippen molar-refractivity contribution < 1.29 is 5.21 Å². The van der Waals surface area contributed by atoms with Crippen molar-refractivity contribution in [1.82, 2.24) is 4.90 Å². The molecule has 3 nitrogen and oxygen atoms in total. The first-order chi connectivity index (χ1) is 5.42. The molecular weight excluding hydrogens is 140 g/mol. The lowest BCUT2D eigenvalue weighted by molar-refractivity contribution is 0.219. The van der Waals surface area contributed by atoms with Gasteiger partial charge in [-0.3, -0.25) is 4.90 Å². The molecule has 2 heterocycles. The second-order valence-electron chi connectivity index (χ2n) is 3.39. The van der Waals surface area contributed by atoms with Crippen molar-refractivity contribution in [2.24, 2.45) is 5.16 Å². The van der Waals surface area contributed by atoms with Crippen LogP contribution in [0.4, 0.5) is 0 Å². The van der Waals surface area contributed by atoms with Crippen molar-refractivity contribution in [2.75, 3.05) is 13.1 Å². The molecule has 0 spiro atoms. The fourth-order valence-electron chi connectivity index (χ4n) is 2.18. The van der Waals surface area contributed by atoms with Crippen molar-refractivity contribution in [3.05, 3.63) is 0 Å². The lowest BCUT2D eigenvalue weighted by atomic mass is 10.0. The normalized spacial score (nSPS) is 36.0. The molecule has 0 amide bonds. The van der Waals surface area contributed by atoms with Crippen LogP contribution in [-0.4, -0.2) is 35.0 Å². The number of hydrogen-bond donors (Lipinski definition) is 1. The molecule has 11 heavy (non-hydrogen) atoms. The Morgan fingerprint density at radius 3 is 3.09 bits per heavy atom. The summed E-state index contributed by atoms with van der Waals surface area (Å²) in [6.07, 6.45) is 4.77. The molecule has 1 N–H and O–H groups in total. The number of rotatable bonds is 0. The summed E-state index contributed by atoms with van der Waals surface area (Å²) in [4.78, 5) is 2.43. The number of piperidine rings is 1. The van der Waals surface area contributed by atoms with Crippen LogP contribution in [0.25, 0.3) is 0 Å². The van der Waals surface area contributed by atoms with Gasteiger partial charge in [-0.25, -0.2) is 0 Å². The minimum absolute atomic E-state index is 0.480. The van der Waals surface area contributed by atoms with Gasteiger partial charge in [0.15, 0.2) is 0 Å². The smallest absolute Gasteiger partial charge is 0.0754 e. The predicted molar refractivity (Wildman–Crippen MR) is 43.1 cm³/mol. The molecule has 62 valence electrons. The summed E-state index contributed by atoms with van der Waals surface area (Å²) in [6, 6.07) is 0.480. The quantitative estimate of drug-likeness (QED) is 0.418. The van der Waals surface area contributed by atoms with Crippen molar-refractivity contribution in [1.29, 1.82) is 0 Å². The van der Waals surface area contributed by atoms with Gasteiger partial charge in [-0.2, -0.15) is 0 Å². The molecule has 0 aromatic carbocycles. The van der Waals surface area contributed by atoms with E-state index in [9.17, 15) is 0 Å². The molecule has 2 aliphatic rings. The van der Waals surface area contributed by atoms with E-state index in [-0.39, 0.29) is 0 Å². The van der Waals surface area contributed by atoms with Crippen molar-refractivity contribution in [2.45, 2.75) is 31.7 Å². The maximum absolute atomic E-state index is 8.67. The second kappa shape index (κ2) is 2.81. The van der Waals surface area contributed by atoms with Crippen LogP contribution in [0.2, 0.25) is 0 Å². The van der Waals surface area contributed by atoms with E-state index in [1.807, 2.05) is 0 Å². The first-order valence-electron chi connectivity index (χ1n) is 4.36. The molecule has 1 atom stereocenters. The number of fused-ring (bicyclic) bond motifs is 1. The zero-order valence-corrected chi connectivity index (χ0v) is 6.66. The van der Waals surface area contributed by atoms with Gasteiger partial charge in [0.1, 0.15) is 0 Å². The van der Waals surface area contributed by atoms with Crippen LogP contribution < -0.4 is 0 Å². The van der Waals surface area contributed by atoms with Gasteiger partial charge < -0.3 is 5.21 Å². The highest BCUT2D eigenvalue weighted by atomic mass is 16.4. The summed E-state index contributed by atoms with van der Waals surface area (Å²) < 4.78 is 0. The van der Waals surface area contributed by atoms with E-state index < -0.39 is 0 Å². The molecule has 0 aromatic heterocycles. The van der Waals surface area contributed by atoms with Crippen LogP contribution in [0.5, 0.6) is 0 Å². The van der Waals surface area contributed by atoms with Crippen LogP contribution in [-0.2, 0) is 0 Å². The van der Waals surface area contributed by atoms with Crippen LogP contribution in [0, 0.1) is 0 Å². The summed E-state index contributed by atoms with van der Waals surface area (Å²) in [6.45, 7) is 2.30. The Morgan fingerprint density at radius 2 is 2.27 bits per heavy atom. The summed E-state index contributed by atoms with van der Waals surface area (Å²) in [5.74, 6) is 0. The standard InChI is InChI=1S/C8H14N2O/c11-9-7-4-6-10-5-2-1-3-8(7)10/h8,11H,1-6H2/t8-/m1/s1. The first-order valence-corrected chi connectivity index (χ1v) is 4.36. The molecule has 0 unspecified atom stereocenters. The molecule has 0 bridgehead atoms. The fraction of sp³-hybridized carbons (Fsp3) is 0.875. The zero-order valence-electron chi connectivity index (χ0n) is 6.66. The Kier molecular flexibility index (Phi) is 1.82. The third kappa shape index (κ3) is 1.13. The van der Waals surface area contributed by atoms with Gasteiger partial charge in [-0.05, 0) is 19.4 Å². The first kappa shape index (κ1) is 7.10. The van der Waals surface area contributed by atoms with E-state index >= 15 is 0 Å². The van der Waals surface area contributed by atoms with Crippen LogP contribution in [0.1, 0.15) is 25.7 Å². The van der Waals surface area contributed by atoms with E-state index in [2.05, 4.69) is 10.1 Å². The fourth-order valence-corrected chi connectivity index (χ4v) is 2.18. The molecule has 0 radical (unpaired) electrons. The van der Waals surface area contributed by atoms with Gasteiger partial charge in [0.25, 0.3) is 0 Å². The predicted octanol–water partition coefficient (Wildman–Crippen LogP) is 1.07. The van der Waals surface area contributed by atoms with Gasteiger partial charge >= 0.3 is 0 Å². The maximum atomic E-state index is 8.67. The third-order valence-electron chi connectivity index (χ3n) is 2.78. The van der Waals surface area contributed by atoms with Gasteiger partial charge in [0, 0.05) is 13.0 Å². The van der Waals surface area contributed by atoms with Gasteiger partial charge in [-0.1, -0.05) is 11.6 Å². The molecular formula is C8H14N2O. The average Bonchev–Trinajstić information content (AvgIpc) is 2.47. The highest BCUT2D eigenvalue weighted by Crippen LogP contribution is 2.24. The number of oxime groups is 1. The summed E-state index contributed by atoms with van der Waals surface area (Å²) >= 11 is 0. The van der Waals surface area contributed by atoms with Gasteiger partial charge in [-0.15, -0.1) is 0 Å². The molecule has 2 aliphatic heterocycles. The highest BCUT2D eigenvalue weighted by Gasteiger charge is 2.32.